The van der Waals surface area contributed by atoms with E-state index in [4.69, 9.17) is 14.5 Å². The normalized spacial score (nSPS) is 11.8. The average molecular weight is 811 g/mol. The summed E-state index contributed by atoms with van der Waals surface area (Å²) in [5.41, 5.74) is 11.5. The van der Waals surface area contributed by atoms with E-state index in [0.29, 0.717) is 50.5 Å². The Kier molecular flexibility index (Phi) is 11.4. The average Bonchev–Trinajstić information content (AvgIpc) is 3.96. The van der Waals surface area contributed by atoms with E-state index in [-0.39, 0.29) is 5.82 Å². The first kappa shape index (κ1) is 40.3. The van der Waals surface area contributed by atoms with Crippen LogP contribution < -0.4 is 9.47 Å². The predicted octanol–water partition coefficient (Wildman–Crippen LogP) is 6.29. The van der Waals surface area contributed by atoms with E-state index in [1.54, 1.807) is 12.3 Å². The first-order valence-electron chi connectivity index (χ1n) is 20.0. The standard InChI is InChI=1S/C45H51FN12O2/c1-29-36(30(2)56(8)52-29)16-18-60-40-20-31(9-12-38(40)39-26-58-43(22-47-39)49-51-45(58)28-54(5)6)19-34-24-55(7)23-32(34)15-17-59-41-21-35(46)11-13-37(41)33-10-14-42-48-50-44(27-53(3)4)57(42)25-33/h9-14,20-26H,15-19,27-28H2,1-8H3. The molecule has 0 aliphatic rings. The van der Waals surface area contributed by atoms with Crippen LogP contribution in [0, 0.1) is 19.7 Å². The SMILES string of the molecule is Cc1nn(C)c(C)c1CCOc1cc(Cc2cn(C)cc2CCOc2cc(F)ccc2-c2ccc3nnc(CN(C)C)n3c2)ccc1-c1cn2c(CN(C)C)nnc2cn1. The topological polar surface area (TPSA) is 121 Å². The summed E-state index contributed by atoms with van der Waals surface area (Å²) < 4.78 is 35.6. The largest absolute Gasteiger partial charge is 0.493 e. The van der Waals surface area contributed by atoms with Crippen molar-refractivity contribution in [3.05, 3.63) is 131 Å². The summed E-state index contributed by atoms with van der Waals surface area (Å²) in [6.45, 7) is 6.25. The molecule has 0 radical (unpaired) electrons. The van der Waals surface area contributed by atoms with E-state index in [0.717, 1.165) is 74.4 Å². The van der Waals surface area contributed by atoms with Crippen molar-refractivity contribution in [2.24, 2.45) is 14.1 Å². The number of rotatable bonds is 16. The lowest BCUT2D eigenvalue weighted by Gasteiger charge is -2.15. The van der Waals surface area contributed by atoms with Gasteiger partial charge in [0.15, 0.2) is 22.9 Å². The van der Waals surface area contributed by atoms with Crippen LogP contribution in [0.4, 0.5) is 4.39 Å². The van der Waals surface area contributed by atoms with Gasteiger partial charge in [-0.25, -0.2) is 4.39 Å². The van der Waals surface area contributed by atoms with Gasteiger partial charge in [0.25, 0.3) is 0 Å². The van der Waals surface area contributed by atoms with Gasteiger partial charge in [-0.05, 0) is 107 Å². The highest BCUT2D eigenvalue weighted by atomic mass is 19.1. The van der Waals surface area contributed by atoms with Crippen molar-refractivity contribution in [2.75, 3.05) is 41.4 Å². The Morgan fingerprint density at radius 3 is 2.07 bits per heavy atom. The summed E-state index contributed by atoms with van der Waals surface area (Å²) in [5.74, 6) is 2.53. The van der Waals surface area contributed by atoms with Crippen molar-refractivity contribution in [3.63, 3.8) is 0 Å². The Labute approximate surface area is 348 Å². The van der Waals surface area contributed by atoms with Gasteiger partial charge in [0.2, 0.25) is 0 Å². The van der Waals surface area contributed by atoms with E-state index in [2.05, 4.69) is 72.5 Å². The molecule has 8 aromatic rings. The van der Waals surface area contributed by atoms with Gasteiger partial charge in [0.05, 0.1) is 43.9 Å². The van der Waals surface area contributed by atoms with E-state index >= 15 is 0 Å². The van der Waals surface area contributed by atoms with Crippen LogP contribution in [-0.2, 0) is 46.4 Å². The van der Waals surface area contributed by atoms with Gasteiger partial charge in [-0.3, -0.25) is 18.5 Å². The summed E-state index contributed by atoms with van der Waals surface area (Å²) in [5, 5.41) is 22.0. The Balaban J connectivity index is 1.03. The van der Waals surface area contributed by atoms with E-state index in [1.807, 2.05) is 92.1 Å². The third-order valence-corrected chi connectivity index (χ3v) is 10.8. The highest BCUT2D eigenvalue weighted by molar-refractivity contribution is 5.71. The molecule has 0 aliphatic carbocycles. The van der Waals surface area contributed by atoms with Crippen LogP contribution in [0.3, 0.4) is 0 Å². The Morgan fingerprint density at radius 2 is 1.35 bits per heavy atom. The molecule has 0 fully saturated rings. The molecule has 2 aromatic carbocycles. The van der Waals surface area contributed by atoms with Gasteiger partial charge < -0.3 is 23.8 Å². The molecule has 0 bridgehead atoms. The molecule has 0 spiro atoms. The Morgan fingerprint density at radius 1 is 0.683 bits per heavy atom. The first-order chi connectivity index (χ1) is 28.9. The number of hydrogen-bond donors (Lipinski definition) is 0. The van der Waals surface area contributed by atoms with Crippen molar-refractivity contribution < 1.29 is 13.9 Å². The molecule has 0 saturated carbocycles. The van der Waals surface area contributed by atoms with Crippen LogP contribution in [0.5, 0.6) is 11.5 Å². The highest BCUT2D eigenvalue weighted by Gasteiger charge is 2.18. The molecule has 15 heteroatoms. The van der Waals surface area contributed by atoms with Crippen LogP contribution in [0.25, 0.3) is 33.7 Å². The van der Waals surface area contributed by atoms with Gasteiger partial charge in [-0.2, -0.15) is 5.10 Å². The second-order valence-corrected chi connectivity index (χ2v) is 15.9. The summed E-state index contributed by atoms with van der Waals surface area (Å²) in [6, 6.07) is 14.9. The molecule has 14 nitrogen and oxygen atoms in total. The maximum absolute atomic E-state index is 14.7. The summed E-state index contributed by atoms with van der Waals surface area (Å²) in [6.07, 6.45) is 12.0. The molecular formula is C45H51FN12O2. The second kappa shape index (κ2) is 17.0. The van der Waals surface area contributed by atoms with Crippen molar-refractivity contribution in [3.8, 4) is 33.9 Å². The Bertz CT molecular complexity index is 2800. The molecule has 0 amide bonds. The third kappa shape index (κ3) is 8.63. The predicted molar refractivity (Wildman–Crippen MR) is 229 cm³/mol. The highest BCUT2D eigenvalue weighted by Crippen LogP contribution is 2.34. The molecule has 0 saturated heterocycles. The lowest BCUT2D eigenvalue weighted by atomic mass is 10.00. The zero-order chi connectivity index (χ0) is 42.1. The van der Waals surface area contributed by atoms with E-state index < -0.39 is 0 Å². The zero-order valence-corrected chi connectivity index (χ0v) is 35.5. The molecule has 60 heavy (non-hydrogen) atoms. The first-order valence-corrected chi connectivity index (χ1v) is 20.0. The van der Waals surface area contributed by atoms with E-state index in [1.165, 1.54) is 23.3 Å². The quantitative estimate of drug-likeness (QED) is 0.110. The van der Waals surface area contributed by atoms with Gasteiger partial charge in [-0.1, -0.05) is 6.07 Å². The molecule has 0 atom stereocenters. The summed E-state index contributed by atoms with van der Waals surface area (Å²) in [4.78, 5) is 8.90. The number of hydrogen-bond acceptors (Lipinski definition) is 10. The van der Waals surface area contributed by atoms with Crippen molar-refractivity contribution >= 4 is 11.3 Å². The fraction of sp³-hybridized carbons (Fsp3) is 0.333. The maximum atomic E-state index is 14.7. The van der Waals surface area contributed by atoms with Crippen LogP contribution in [0.2, 0.25) is 0 Å². The molecule has 0 unspecified atom stereocenters. The smallest absolute Gasteiger partial charge is 0.179 e. The molecule has 8 rings (SSSR count). The number of halogens is 1. The van der Waals surface area contributed by atoms with Gasteiger partial charge in [-0.15, -0.1) is 20.4 Å². The second-order valence-electron chi connectivity index (χ2n) is 15.9. The maximum Gasteiger partial charge on any atom is 0.179 e. The monoisotopic (exact) mass is 810 g/mol. The van der Waals surface area contributed by atoms with Crippen molar-refractivity contribution in [1.82, 2.24) is 58.3 Å². The van der Waals surface area contributed by atoms with Gasteiger partial charge in [0.1, 0.15) is 17.3 Å². The minimum absolute atomic E-state index is 0.356. The van der Waals surface area contributed by atoms with Crippen LogP contribution in [-0.4, -0.2) is 99.7 Å². The van der Waals surface area contributed by atoms with Crippen LogP contribution in [0.1, 0.15) is 45.3 Å². The van der Waals surface area contributed by atoms with Crippen molar-refractivity contribution in [2.45, 2.75) is 46.2 Å². The number of aromatic nitrogens is 10. The fourth-order valence-electron chi connectivity index (χ4n) is 7.74. The van der Waals surface area contributed by atoms with Crippen LogP contribution in [0.15, 0.2) is 79.5 Å². The molecule has 310 valence electrons. The molecule has 6 aromatic heterocycles. The third-order valence-electron chi connectivity index (χ3n) is 10.8. The number of aryl methyl sites for hydroxylation is 3. The number of nitrogens with zero attached hydrogens (tertiary/aromatic N) is 12. The van der Waals surface area contributed by atoms with Crippen LogP contribution >= 0.6 is 0 Å². The minimum atomic E-state index is -0.356. The van der Waals surface area contributed by atoms with E-state index in [9.17, 15) is 4.39 Å². The number of pyridine rings is 1. The fourth-order valence-corrected chi connectivity index (χ4v) is 7.74. The zero-order valence-electron chi connectivity index (χ0n) is 35.5. The molecule has 0 aliphatic heterocycles. The summed E-state index contributed by atoms with van der Waals surface area (Å²) >= 11 is 0. The Hall–Kier alpha value is -6.45. The summed E-state index contributed by atoms with van der Waals surface area (Å²) in [7, 11) is 12.0. The molecular weight excluding hydrogens is 760 g/mol. The number of ether oxygens (including phenoxy) is 2. The lowest BCUT2D eigenvalue weighted by molar-refractivity contribution is 0.321. The molecule has 0 N–H and O–H groups in total. The van der Waals surface area contributed by atoms with Gasteiger partial charge in [0, 0.05) is 80.2 Å². The van der Waals surface area contributed by atoms with Crippen molar-refractivity contribution in [1.29, 1.82) is 0 Å². The molecule has 6 heterocycles. The number of fused-ring (bicyclic) bond motifs is 2. The number of benzene rings is 2. The minimum Gasteiger partial charge on any atom is -0.493 e. The van der Waals surface area contributed by atoms with Gasteiger partial charge >= 0.3 is 0 Å². The lowest BCUT2D eigenvalue weighted by Crippen LogP contribution is -2.13.